The second-order valence-corrected chi connectivity index (χ2v) is 6.04. The highest BCUT2D eigenvalue weighted by Gasteiger charge is 2.17. The largest absolute Gasteiger partial charge is 0.276 e. The minimum absolute atomic E-state index is 0.0400. The zero-order valence-electron chi connectivity index (χ0n) is 12.8. The second-order valence-electron chi connectivity index (χ2n) is 5.60. The third-order valence-electron chi connectivity index (χ3n) is 4.07. The number of halogens is 1. The Labute approximate surface area is 144 Å². The van der Waals surface area contributed by atoms with Gasteiger partial charge in [-0.05, 0) is 42.0 Å². The van der Waals surface area contributed by atoms with Gasteiger partial charge in [0, 0.05) is 16.0 Å². The lowest BCUT2D eigenvalue weighted by molar-refractivity contribution is 0.0967. The Morgan fingerprint density at radius 2 is 1.46 bits per heavy atom. The Balaban J connectivity index is 1.97. The molecule has 0 aliphatic carbocycles. The number of carbonyl (C=O) groups is 1. The molecule has 0 unspecified atom stereocenters. The van der Waals surface area contributed by atoms with E-state index >= 15 is 0 Å². The van der Waals surface area contributed by atoms with Gasteiger partial charge in [0.25, 0.3) is 5.91 Å². The number of rotatable bonds is 2. The van der Waals surface area contributed by atoms with Crippen LogP contribution in [0.4, 0.5) is 0 Å². The van der Waals surface area contributed by atoms with Gasteiger partial charge in [-0.1, -0.05) is 60.1 Å². The van der Waals surface area contributed by atoms with Gasteiger partial charge in [-0.2, -0.15) is 0 Å². The third-order valence-corrected chi connectivity index (χ3v) is 4.33. The van der Waals surface area contributed by atoms with E-state index in [2.05, 4.69) is 0 Å². The van der Waals surface area contributed by atoms with Crippen LogP contribution >= 0.6 is 11.6 Å². The van der Waals surface area contributed by atoms with E-state index in [-0.39, 0.29) is 5.91 Å². The standard InChI is InChI=1S/C21H14ClNO/c22-18-12-10-15(11-13-18)20-14-17-8-4-5-9-19(17)23(20)21(24)16-6-2-1-3-7-16/h1-14H. The maximum Gasteiger partial charge on any atom is 0.262 e. The Morgan fingerprint density at radius 3 is 2.21 bits per heavy atom. The van der Waals surface area contributed by atoms with E-state index in [9.17, 15) is 4.79 Å². The van der Waals surface area contributed by atoms with E-state index in [0.717, 1.165) is 22.2 Å². The van der Waals surface area contributed by atoms with Crippen LogP contribution in [0.1, 0.15) is 10.4 Å². The fourth-order valence-electron chi connectivity index (χ4n) is 2.92. The summed E-state index contributed by atoms with van der Waals surface area (Å²) in [4.78, 5) is 13.1. The first-order chi connectivity index (χ1) is 11.7. The van der Waals surface area contributed by atoms with Gasteiger partial charge in [0.05, 0.1) is 11.2 Å². The van der Waals surface area contributed by atoms with Crippen LogP contribution in [-0.2, 0) is 0 Å². The number of aromatic nitrogens is 1. The maximum atomic E-state index is 13.1. The van der Waals surface area contributed by atoms with Gasteiger partial charge in [-0.25, -0.2) is 0 Å². The van der Waals surface area contributed by atoms with Crippen molar-refractivity contribution < 1.29 is 4.79 Å². The molecule has 2 nitrogen and oxygen atoms in total. The maximum absolute atomic E-state index is 13.1. The summed E-state index contributed by atoms with van der Waals surface area (Å²) in [5.41, 5.74) is 3.38. The summed E-state index contributed by atoms with van der Waals surface area (Å²) >= 11 is 6.00. The van der Waals surface area contributed by atoms with Crippen molar-refractivity contribution in [1.82, 2.24) is 4.57 Å². The molecule has 0 aliphatic heterocycles. The summed E-state index contributed by atoms with van der Waals surface area (Å²) < 4.78 is 1.77. The Morgan fingerprint density at radius 1 is 0.792 bits per heavy atom. The molecule has 116 valence electrons. The minimum atomic E-state index is -0.0400. The summed E-state index contributed by atoms with van der Waals surface area (Å²) in [6, 6.07) is 26.8. The summed E-state index contributed by atoms with van der Waals surface area (Å²) in [6.45, 7) is 0. The van der Waals surface area contributed by atoms with Gasteiger partial charge in [0.2, 0.25) is 0 Å². The van der Waals surface area contributed by atoms with Gasteiger partial charge in [-0.3, -0.25) is 9.36 Å². The molecule has 3 aromatic carbocycles. The van der Waals surface area contributed by atoms with Gasteiger partial charge in [-0.15, -0.1) is 0 Å². The highest BCUT2D eigenvalue weighted by Crippen LogP contribution is 2.30. The van der Waals surface area contributed by atoms with Crippen molar-refractivity contribution >= 4 is 28.4 Å². The van der Waals surface area contributed by atoms with Crippen LogP contribution in [-0.4, -0.2) is 10.5 Å². The molecule has 0 saturated heterocycles. The molecule has 24 heavy (non-hydrogen) atoms. The topological polar surface area (TPSA) is 22.0 Å². The molecule has 0 amide bonds. The highest BCUT2D eigenvalue weighted by atomic mass is 35.5. The van der Waals surface area contributed by atoms with Crippen molar-refractivity contribution in [3.63, 3.8) is 0 Å². The van der Waals surface area contributed by atoms with Crippen molar-refractivity contribution in [1.29, 1.82) is 0 Å². The third kappa shape index (κ3) is 2.51. The monoisotopic (exact) mass is 331 g/mol. The van der Waals surface area contributed by atoms with Crippen molar-refractivity contribution in [2.75, 3.05) is 0 Å². The zero-order chi connectivity index (χ0) is 16.5. The molecule has 0 saturated carbocycles. The van der Waals surface area contributed by atoms with E-state index in [1.165, 1.54) is 0 Å². The van der Waals surface area contributed by atoms with Crippen LogP contribution in [0, 0.1) is 0 Å². The van der Waals surface area contributed by atoms with Crippen molar-refractivity contribution in [2.24, 2.45) is 0 Å². The molecule has 4 aromatic rings. The average Bonchev–Trinajstić information content (AvgIpc) is 3.02. The molecule has 0 bridgehead atoms. The number of benzene rings is 3. The smallest absolute Gasteiger partial charge is 0.262 e. The number of fused-ring (bicyclic) bond motifs is 1. The summed E-state index contributed by atoms with van der Waals surface area (Å²) in [7, 11) is 0. The normalized spacial score (nSPS) is 10.9. The lowest BCUT2D eigenvalue weighted by Crippen LogP contribution is -2.12. The molecule has 0 atom stereocenters. The summed E-state index contributed by atoms with van der Waals surface area (Å²) in [5.74, 6) is -0.0400. The van der Waals surface area contributed by atoms with Crippen LogP contribution in [0.5, 0.6) is 0 Å². The molecule has 0 N–H and O–H groups in total. The minimum Gasteiger partial charge on any atom is -0.276 e. The van der Waals surface area contributed by atoms with Crippen LogP contribution in [0.15, 0.2) is 84.9 Å². The van der Waals surface area contributed by atoms with E-state index in [4.69, 9.17) is 11.6 Å². The van der Waals surface area contributed by atoms with Crippen molar-refractivity contribution in [3.8, 4) is 11.3 Å². The Kier molecular flexibility index (Phi) is 3.68. The lowest BCUT2D eigenvalue weighted by atomic mass is 10.1. The molecule has 1 heterocycles. The molecule has 0 radical (unpaired) electrons. The van der Waals surface area contributed by atoms with Gasteiger partial charge in [0.15, 0.2) is 0 Å². The Hall–Kier alpha value is -2.84. The van der Waals surface area contributed by atoms with Crippen molar-refractivity contribution in [3.05, 3.63) is 95.5 Å². The van der Waals surface area contributed by atoms with E-state index in [1.54, 1.807) is 4.57 Å². The zero-order valence-corrected chi connectivity index (χ0v) is 13.6. The quantitative estimate of drug-likeness (QED) is 0.465. The molecule has 0 spiro atoms. The Bertz CT molecular complexity index is 1020. The number of para-hydroxylation sites is 1. The van der Waals surface area contributed by atoms with Crippen LogP contribution in [0.3, 0.4) is 0 Å². The van der Waals surface area contributed by atoms with Gasteiger partial charge >= 0.3 is 0 Å². The number of carbonyl (C=O) groups excluding carboxylic acids is 1. The molecule has 3 heteroatoms. The number of nitrogens with zero attached hydrogens (tertiary/aromatic N) is 1. The first-order valence-electron chi connectivity index (χ1n) is 7.70. The van der Waals surface area contributed by atoms with Crippen LogP contribution in [0.25, 0.3) is 22.2 Å². The van der Waals surface area contributed by atoms with Gasteiger partial charge in [0.1, 0.15) is 0 Å². The van der Waals surface area contributed by atoms with Crippen LogP contribution in [0.2, 0.25) is 5.02 Å². The SMILES string of the molecule is O=C(c1ccccc1)n1c(-c2ccc(Cl)cc2)cc2ccccc21. The van der Waals surface area contributed by atoms with E-state index in [1.807, 2.05) is 84.9 Å². The second kappa shape index (κ2) is 5.99. The van der Waals surface area contributed by atoms with E-state index < -0.39 is 0 Å². The summed E-state index contributed by atoms with van der Waals surface area (Å²) in [5, 5.41) is 1.71. The molecular formula is C21H14ClNO. The van der Waals surface area contributed by atoms with Crippen LogP contribution < -0.4 is 0 Å². The highest BCUT2D eigenvalue weighted by molar-refractivity contribution is 6.30. The number of hydrogen-bond donors (Lipinski definition) is 0. The first-order valence-corrected chi connectivity index (χ1v) is 8.08. The molecule has 1 aromatic heterocycles. The first kappa shape index (κ1) is 14.7. The van der Waals surface area contributed by atoms with Gasteiger partial charge < -0.3 is 0 Å². The molecule has 0 aliphatic rings. The fraction of sp³-hybridized carbons (Fsp3) is 0. The number of hydrogen-bond acceptors (Lipinski definition) is 1. The average molecular weight is 332 g/mol. The lowest BCUT2D eigenvalue weighted by Gasteiger charge is -2.10. The van der Waals surface area contributed by atoms with Crippen molar-refractivity contribution in [2.45, 2.75) is 0 Å². The summed E-state index contributed by atoms with van der Waals surface area (Å²) in [6.07, 6.45) is 0. The predicted molar refractivity (Wildman–Crippen MR) is 98.6 cm³/mol. The fourth-order valence-corrected chi connectivity index (χ4v) is 3.04. The molecule has 4 rings (SSSR count). The molecular weight excluding hydrogens is 318 g/mol. The molecule has 0 fully saturated rings. The predicted octanol–water partition coefficient (Wildman–Crippen LogP) is 5.65. The van der Waals surface area contributed by atoms with E-state index in [0.29, 0.717) is 10.6 Å².